The second-order valence-corrected chi connectivity index (χ2v) is 3.21. The first-order valence-corrected chi connectivity index (χ1v) is 4.40. The third kappa shape index (κ3) is 2.92. The van der Waals surface area contributed by atoms with Crippen molar-refractivity contribution in [2.24, 2.45) is 5.73 Å². The van der Waals surface area contributed by atoms with Gasteiger partial charge in [0.05, 0.1) is 10.5 Å². The molecule has 6 nitrogen and oxygen atoms in total. The number of carbonyl (C=O) groups excluding carboxylic acids is 1. The molecule has 0 aliphatic heterocycles. The second-order valence-electron chi connectivity index (χ2n) is 3.21. The van der Waals surface area contributed by atoms with Crippen LogP contribution < -0.4 is 5.73 Å². The van der Waals surface area contributed by atoms with Crippen LogP contribution in [-0.2, 0) is 6.18 Å². The van der Waals surface area contributed by atoms with Gasteiger partial charge in [-0.1, -0.05) is 0 Å². The van der Waals surface area contributed by atoms with Crippen molar-refractivity contribution in [3.8, 4) is 0 Å². The molecule has 0 radical (unpaired) electrons. The summed E-state index contributed by atoms with van der Waals surface area (Å²) in [5, 5.41) is 10.5. The average molecular weight is 285 g/mol. The lowest BCUT2D eigenvalue weighted by Crippen LogP contribution is -2.22. The highest BCUT2D eigenvalue weighted by atomic mass is 19.4. The van der Waals surface area contributed by atoms with Crippen LogP contribution >= 0.6 is 0 Å². The summed E-state index contributed by atoms with van der Waals surface area (Å²) < 4.78 is 62.4. The second kappa shape index (κ2) is 4.74. The first-order chi connectivity index (χ1) is 8.55. The van der Waals surface area contributed by atoms with Gasteiger partial charge in [-0.3, -0.25) is 14.9 Å². The van der Waals surface area contributed by atoms with Crippen molar-refractivity contribution < 1.29 is 31.7 Å². The Hall–Kier alpha value is -2.33. The molecule has 1 aromatic rings. The Bertz CT molecular complexity index is 543. The average Bonchev–Trinajstić information content (AvgIpc) is 2.25. The summed E-state index contributed by atoms with van der Waals surface area (Å²) >= 11 is 0. The monoisotopic (exact) mass is 285 g/mol. The molecule has 1 aromatic heterocycles. The molecule has 0 unspecified atom stereocenters. The van der Waals surface area contributed by atoms with Crippen molar-refractivity contribution in [2.45, 2.75) is 12.6 Å². The number of nitro groups is 1. The Morgan fingerprint density at radius 1 is 1.42 bits per heavy atom. The van der Waals surface area contributed by atoms with Gasteiger partial charge >= 0.3 is 6.18 Å². The smallest absolute Gasteiger partial charge is 0.366 e. The fraction of sp³-hybridized carbons (Fsp3) is 0.250. The van der Waals surface area contributed by atoms with Crippen molar-refractivity contribution in [3.05, 3.63) is 33.1 Å². The van der Waals surface area contributed by atoms with Crippen LogP contribution in [0.25, 0.3) is 0 Å². The van der Waals surface area contributed by atoms with E-state index in [1.165, 1.54) is 0 Å². The van der Waals surface area contributed by atoms with E-state index in [0.717, 1.165) is 0 Å². The van der Waals surface area contributed by atoms with Crippen LogP contribution in [0.2, 0.25) is 0 Å². The van der Waals surface area contributed by atoms with Crippen LogP contribution in [-0.4, -0.2) is 15.8 Å². The molecule has 0 aromatic carbocycles. The maximum Gasteiger partial charge on any atom is 0.434 e. The predicted molar refractivity (Wildman–Crippen MR) is 49.4 cm³/mol. The third-order valence-electron chi connectivity index (χ3n) is 1.97. The fourth-order valence-corrected chi connectivity index (χ4v) is 1.23. The largest absolute Gasteiger partial charge is 0.434 e. The van der Waals surface area contributed by atoms with E-state index >= 15 is 0 Å². The molecule has 0 saturated heterocycles. The summed E-state index contributed by atoms with van der Waals surface area (Å²) in [4.78, 5) is 22.4. The van der Waals surface area contributed by atoms with Crippen molar-refractivity contribution in [2.75, 3.05) is 0 Å². The molecule has 0 aliphatic carbocycles. The molecule has 0 bridgehead atoms. The van der Waals surface area contributed by atoms with E-state index in [2.05, 4.69) is 10.7 Å². The fourth-order valence-electron chi connectivity index (χ4n) is 1.23. The highest BCUT2D eigenvalue weighted by Gasteiger charge is 2.40. The normalized spacial score (nSPS) is 11.7. The SMILES string of the molecule is NC(=O)c1cc([N+](=O)[O-])c(C(F)F)nc1C(F)(F)F. The van der Waals surface area contributed by atoms with Gasteiger partial charge in [-0.2, -0.15) is 13.2 Å². The van der Waals surface area contributed by atoms with E-state index in [1.54, 1.807) is 0 Å². The van der Waals surface area contributed by atoms with E-state index in [9.17, 15) is 36.9 Å². The van der Waals surface area contributed by atoms with Gasteiger partial charge in [-0.25, -0.2) is 13.8 Å². The topological polar surface area (TPSA) is 99.1 Å². The number of hydrogen-bond acceptors (Lipinski definition) is 4. The number of hydrogen-bond donors (Lipinski definition) is 1. The summed E-state index contributed by atoms with van der Waals surface area (Å²) in [7, 11) is 0. The van der Waals surface area contributed by atoms with Gasteiger partial charge in [-0.05, 0) is 0 Å². The Morgan fingerprint density at radius 3 is 2.26 bits per heavy atom. The predicted octanol–water partition coefficient (Wildman–Crippen LogP) is 2.05. The molecule has 1 amide bonds. The highest BCUT2D eigenvalue weighted by molar-refractivity contribution is 5.94. The number of carbonyl (C=O) groups is 1. The minimum Gasteiger partial charge on any atom is -0.366 e. The number of primary amides is 1. The molecule has 0 fully saturated rings. The number of amides is 1. The molecule has 0 aliphatic rings. The first-order valence-electron chi connectivity index (χ1n) is 4.40. The number of alkyl halides is 5. The molecule has 1 rings (SSSR count). The Morgan fingerprint density at radius 2 is 1.95 bits per heavy atom. The van der Waals surface area contributed by atoms with Crippen molar-refractivity contribution in [3.63, 3.8) is 0 Å². The maximum absolute atomic E-state index is 12.5. The highest BCUT2D eigenvalue weighted by Crippen LogP contribution is 2.36. The van der Waals surface area contributed by atoms with Crippen molar-refractivity contribution in [1.82, 2.24) is 4.98 Å². The zero-order chi connectivity index (χ0) is 15.0. The number of rotatable bonds is 3. The summed E-state index contributed by atoms with van der Waals surface area (Å²) in [6, 6.07) is 0.0413. The lowest BCUT2D eigenvalue weighted by molar-refractivity contribution is -0.386. The summed E-state index contributed by atoms with van der Waals surface area (Å²) in [5.41, 5.74) is -1.80. The molecule has 0 atom stereocenters. The molecule has 11 heteroatoms. The summed E-state index contributed by atoms with van der Waals surface area (Å²) in [6.45, 7) is 0. The minimum absolute atomic E-state index is 0.0413. The first kappa shape index (κ1) is 14.7. The zero-order valence-corrected chi connectivity index (χ0v) is 8.74. The molecule has 0 spiro atoms. The van der Waals surface area contributed by atoms with Crippen LogP contribution in [0.15, 0.2) is 6.07 Å². The van der Waals surface area contributed by atoms with Gasteiger partial charge in [0, 0.05) is 6.07 Å². The van der Waals surface area contributed by atoms with Gasteiger partial charge < -0.3 is 5.73 Å². The molecule has 104 valence electrons. The molecule has 2 N–H and O–H groups in total. The van der Waals surface area contributed by atoms with Crippen LogP contribution in [0.1, 0.15) is 28.2 Å². The Labute approximate surface area is 101 Å². The van der Waals surface area contributed by atoms with Crippen LogP contribution in [0, 0.1) is 10.1 Å². The number of nitrogens with zero attached hydrogens (tertiary/aromatic N) is 2. The lowest BCUT2D eigenvalue weighted by atomic mass is 10.1. The molecular formula is C8H4F5N3O3. The maximum atomic E-state index is 12.5. The number of aromatic nitrogens is 1. The molecule has 1 heterocycles. The molecule has 19 heavy (non-hydrogen) atoms. The summed E-state index contributed by atoms with van der Waals surface area (Å²) in [6.07, 6.45) is -8.85. The third-order valence-corrected chi connectivity index (χ3v) is 1.97. The minimum atomic E-state index is -5.25. The Kier molecular flexibility index (Phi) is 3.68. The molecular weight excluding hydrogens is 281 g/mol. The van der Waals surface area contributed by atoms with Gasteiger partial charge in [0.1, 0.15) is 0 Å². The van der Waals surface area contributed by atoms with Crippen LogP contribution in [0.3, 0.4) is 0 Å². The van der Waals surface area contributed by atoms with Gasteiger partial charge in [0.15, 0.2) is 11.4 Å². The van der Waals surface area contributed by atoms with E-state index in [1.807, 2.05) is 0 Å². The molecule has 0 saturated carbocycles. The lowest BCUT2D eigenvalue weighted by Gasteiger charge is -2.11. The van der Waals surface area contributed by atoms with Crippen molar-refractivity contribution in [1.29, 1.82) is 0 Å². The van der Waals surface area contributed by atoms with E-state index in [-0.39, 0.29) is 6.07 Å². The standard InChI is InChI=1S/C8H4F5N3O3/c9-6(10)4-3(16(18)19)1-2(7(14)17)5(15-4)8(11,12)13/h1,6H,(H2,14,17). The van der Waals surface area contributed by atoms with Crippen LogP contribution in [0.5, 0.6) is 0 Å². The van der Waals surface area contributed by atoms with Gasteiger partial charge in [0.2, 0.25) is 0 Å². The van der Waals surface area contributed by atoms with Crippen LogP contribution in [0.4, 0.5) is 27.6 Å². The number of halogens is 5. The van der Waals surface area contributed by atoms with E-state index in [4.69, 9.17) is 0 Å². The zero-order valence-electron chi connectivity index (χ0n) is 8.74. The van der Waals surface area contributed by atoms with Gasteiger partial charge in [-0.15, -0.1) is 0 Å². The quantitative estimate of drug-likeness (QED) is 0.521. The van der Waals surface area contributed by atoms with Gasteiger partial charge in [0.25, 0.3) is 18.0 Å². The number of nitrogens with two attached hydrogens (primary N) is 1. The van der Waals surface area contributed by atoms with Crippen molar-refractivity contribution >= 4 is 11.6 Å². The summed E-state index contributed by atoms with van der Waals surface area (Å²) in [5.74, 6) is -1.66. The van der Waals surface area contributed by atoms with E-state index in [0.29, 0.717) is 0 Å². The number of pyridine rings is 1. The van der Waals surface area contributed by atoms with E-state index < -0.39 is 46.1 Å². The Balaban J connectivity index is 3.70.